The molecule has 0 N–H and O–H groups in total. The summed E-state index contributed by atoms with van der Waals surface area (Å²) in [5.74, 6) is 0.525. The predicted octanol–water partition coefficient (Wildman–Crippen LogP) is 6.16. The van der Waals surface area contributed by atoms with Crippen LogP contribution in [0.4, 0.5) is 0 Å². The third-order valence-corrected chi connectivity index (χ3v) is 5.81. The molecule has 0 saturated heterocycles. The number of fused-ring (bicyclic) bond motifs is 1. The molecule has 0 fully saturated rings. The van der Waals surface area contributed by atoms with E-state index >= 15 is 0 Å². The molecule has 31 heavy (non-hydrogen) atoms. The molecule has 0 saturated carbocycles. The third kappa shape index (κ3) is 4.81. The standard InChI is InChI=1S/C28H34O3/c1-8-31-25-16-19(22(27(2,3)4)17-23(25)28(5,6)7)15-24(29)21-14-13-18-11-9-10-12-20(18)26(21)30/h9-12,14,16-17H,8,13,15H2,1-7H3. The molecule has 0 radical (unpaired) electrons. The zero-order valence-corrected chi connectivity index (χ0v) is 19.9. The van der Waals surface area contributed by atoms with Crippen molar-refractivity contribution in [2.24, 2.45) is 0 Å². The number of Topliss-reactive ketones (excluding diaryl/α,β-unsaturated/α-hetero) is 2. The minimum Gasteiger partial charge on any atom is -0.494 e. The summed E-state index contributed by atoms with van der Waals surface area (Å²) in [6, 6.07) is 11.7. The van der Waals surface area contributed by atoms with Gasteiger partial charge in [0, 0.05) is 12.0 Å². The molecule has 0 atom stereocenters. The maximum Gasteiger partial charge on any atom is 0.196 e. The zero-order valence-electron chi connectivity index (χ0n) is 19.9. The molecule has 0 spiro atoms. The largest absolute Gasteiger partial charge is 0.494 e. The summed E-state index contributed by atoms with van der Waals surface area (Å²) >= 11 is 0. The van der Waals surface area contributed by atoms with Crippen LogP contribution in [0.1, 0.15) is 81.1 Å². The number of carbonyl (C=O) groups is 2. The van der Waals surface area contributed by atoms with Crippen molar-refractivity contribution in [3.05, 3.63) is 75.9 Å². The van der Waals surface area contributed by atoms with Crippen molar-refractivity contribution in [2.75, 3.05) is 6.61 Å². The molecule has 0 amide bonds. The highest BCUT2D eigenvalue weighted by Crippen LogP contribution is 2.38. The van der Waals surface area contributed by atoms with Gasteiger partial charge in [-0.05, 0) is 52.5 Å². The van der Waals surface area contributed by atoms with Crippen LogP contribution in [0.25, 0.3) is 0 Å². The summed E-state index contributed by atoms with van der Waals surface area (Å²) in [5, 5.41) is 0. The molecule has 2 aromatic carbocycles. The van der Waals surface area contributed by atoms with Gasteiger partial charge in [-0.2, -0.15) is 0 Å². The normalized spacial score (nSPS) is 14.2. The monoisotopic (exact) mass is 418 g/mol. The fourth-order valence-corrected chi connectivity index (χ4v) is 4.21. The summed E-state index contributed by atoms with van der Waals surface area (Å²) < 4.78 is 5.97. The van der Waals surface area contributed by atoms with E-state index in [0.29, 0.717) is 24.2 Å². The van der Waals surface area contributed by atoms with Crippen molar-refractivity contribution < 1.29 is 14.3 Å². The van der Waals surface area contributed by atoms with Crippen molar-refractivity contribution in [3.8, 4) is 5.75 Å². The highest BCUT2D eigenvalue weighted by molar-refractivity contribution is 6.27. The lowest BCUT2D eigenvalue weighted by Gasteiger charge is -2.29. The first-order chi connectivity index (χ1) is 14.4. The van der Waals surface area contributed by atoms with Gasteiger partial charge in [-0.25, -0.2) is 0 Å². The molecule has 3 nitrogen and oxygen atoms in total. The van der Waals surface area contributed by atoms with Gasteiger partial charge in [-0.3, -0.25) is 9.59 Å². The molecule has 2 aromatic rings. The van der Waals surface area contributed by atoms with Crippen LogP contribution in [0.2, 0.25) is 0 Å². The molecule has 1 aliphatic rings. The first kappa shape index (κ1) is 23.0. The van der Waals surface area contributed by atoms with Crippen LogP contribution < -0.4 is 4.74 Å². The van der Waals surface area contributed by atoms with Crippen LogP contribution in [-0.2, 0) is 28.5 Å². The van der Waals surface area contributed by atoms with Crippen LogP contribution in [0.15, 0.2) is 48.0 Å². The molecule has 0 aromatic heterocycles. The second-order valence-corrected chi connectivity index (χ2v) is 10.3. The average molecular weight is 419 g/mol. The van der Waals surface area contributed by atoms with Crippen LogP contribution in [-0.4, -0.2) is 18.2 Å². The van der Waals surface area contributed by atoms with E-state index in [2.05, 4.69) is 47.6 Å². The number of rotatable bonds is 5. The number of benzene rings is 2. The molecule has 3 rings (SSSR count). The topological polar surface area (TPSA) is 43.4 Å². The van der Waals surface area contributed by atoms with Gasteiger partial charge in [0.15, 0.2) is 11.6 Å². The third-order valence-electron chi connectivity index (χ3n) is 5.81. The number of carbonyl (C=O) groups excluding carboxylic acids is 2. The highest BCUT2D eigenvalue weighted by atomic mass is 16.5. The Kier molecular flexibility index (Phi) is 6.27. The summed E-state index contributed by atoms with van der Waals surface area (Å²) in [7, 11) is 0. The van der Waals surface area contributed by atoms with Gasteiger partial charge in [0.2, 0.25) is 0 Å². The zero-order chi connectivity index (χ0) is 23.0. The van der Waals surface area contributed by atoms with E-state index in [1.807, 2.05) is 37.3 Å². The van der Waals surface area contributed by atoms with Gasteiger partial charge >= 0.3 is 0 Å². The molecule has 0 heterocycles. The second-order valence-electron chi connectivity index (χ2n) is 10.3. The Bertz CT molecular complexity index is 1040. The number of hydrogen-bond donors (Lipinski definition) is 0. The van der Waals surface area contributed by atoms with Gasteiger partial charge in [-0.15, -0.1) is 0 Å². The molecule has 1 aliphatic carbocycles. The number of hydrogen-bond acceptors (Lipinski definition) is 3. The van der Waals surface area contributed by atoms with Crippen molar-refractivity contribution in [3.63, 3.8) is 0 Å². The lowest BCUT2D eigenvalue weighted by Crippen LogP contribution is -2.23. The SMILES string of the molecule is CCOc1cc(CC(=O)C2=CCc3ccccc3C2=O)c(C(C)(C)C)cc1C(C)(C)C. The van der Waals surface area contributed by atoms with Crippen molar-refractivity contribution >= 4 is 11.6 Å². The lowest BCUT2D eigenvalue weighted by atomic mass is 9.76. The van der Waals surface area contributed by atoms with E-state index < -0.39 is 0 Å². The molecule has 0 bridgehead atoms. The van der Waals surface area contributed by atoms with Gasteiger partial charge < -0.3 is 4.74 Å². The van der Waals surface area contributed by atoms with E-state index in [1.165, 1.54) is 0 Å². The Morgan fingerprint density at radius 3 is 2.23 bits per heavy atom. The smallest absolute Gasteiger partial charge is 0.196 e. The Morgan fingerprint density at radius 2 is 1.61 bits per heavy atom. The molecule has 164 valence electrons. The van der Waals surface area contributed by atoms with Crippen molar-refractivity contribution in [1.82, 2.24) is 0 Å². The van der Waals surface area contributed by atoms with Gasteiger partial charge in [-0.1, -0.05) is 78.0 Å². The Balaban J connectivity index is 2.02. The Morgan fingerprint density at radius 1 is 0.968 bits per heavy atom. The maximum absolute atomic E-state index is 13.3. The van der Waals surface area contributed by atoms with E-state index in [-0.39, 0.29) is 28.8 Å². The van der Waals surface area contributed by atoms with E-state index in [9.17, 15) is 9.59 Å². The quantitative estimate of drug-likeness (QED) is 0.546. The predicted molar refractivity (Wildman–Crippen MR) is 126 cm³/mol. The van der Waals surface area contributed by atoms with E-state index in [4.69, 9.17) is 4.74 Å². The first-order valence-corrected chi connectivity index (χ1v) is 11.1. The highest BCUT2D eigenvalue weighted by Gasteiger charge is 2.29. The van der Waals surface area contributed by atoms with Crippen LogP contribution in [0, 0.1) is 0 Å². The summed E-state index contributed by atoms with van der Waals surface area (Å²) in [4.78, 5) is 26.3. The first-order valence-electron chi connectivity index (χ1n) is 11.1. The summed E-state index contributed by atoms with van der Waals surface area (Å²) in [6.07, 6.45) is 2.59. The minimum absolute atomic E-state index is 0.0847. The van der Waals surface area contributed by atoms with Gasteiger partial charge in [0.25, 0.3) is 0 Å². The second kappa shape index (κ2) is 8.45. The fraction of sp³-hybridized carbons (Fsp3) is 0.429. The number of ether oxygens (including phenoxy) is 1. The van der Waals surface area contributed by atoms with Gasteiger partial charge in [0.05, 0.1) is 12.2 Å². The number of ketones is 2. The van der Waals surface area contributed by atoms with Crippen LogP contribution in [0.3, 0.4) is 0 Å². The summed E-state index contributed by atoms with van der Waals surface area (Å²) in [5.41, 5.74) is 4.89. The summed E-state index contributed by atoms with van der Waals surface area (Å²) in [6.45, 7) is 15.5. The number of allylic oxidation sites excluding steroid dienone is 2. The average Bonchev–Trinajstić information content (AvgIpc) is 2.67. The molecule has 0 aliphatic heterocycles. The molecule has 0 unspecified atom stereocenters. The molecular weight excluding hydrogens is 384 g/mol. The molecular formula is C28H34O3. The van der Waals surface area contributed by atoms with E-state index in [0.717, 1.165) is 28.0 Å². The Labute approximate surface area is 186 Å². The van der Waals surface area contributed by atoms with Crippen molar-refractivity contribution in [1.29, 1.82) is 0 Å². The maximum atomic E-state index is 13.3. The van der Waals surface area contributed by atoms with Crippen molar-refractivity contribution in [2.45, 2.75) is 72.1 Å². The van der Waals surface area contributed by atoms with E-state index in [1.54, 1.807) is 6.08 Å². The van der Waals surface area contributed by atoms with Gasteiger partial charge in [0.1, 0.15) is 5.75 Å². The minimum atomic E-state index is -0.166. The van der Waals surface area contributed by atoms with Crippen LogP contribution in [0.5, 0.6) is 5.75 Å². The Hall–Kier alpha value is -2.68. The fourth-order valence-electron chi connectivity index (χ4n) is 4.21. The van der Waals surface area contributed by atoms with Crippen LogP contribution >= 0.6 is 0 Å². The molecule has 3 heteroatoms. The lowest BCUT2D eigenvalue weighted by molar-refractivity contribution is -0.114.